The Morgan fingerprint density at radius 1 is 1.53 bits per heavy atom. The van der Waals surface area contributed by atoms with Crippen LogP contribution >= 0.6 is 11.6 Å². The first kappa shape index (κ1) is 10.8. The summed E-state index contributed by atoms with van der Waals surface area (Å²) >= 11 is 5.92. The molecule has 0 spiro atoms. The molecule has 1 fully saturated rings. The molecule has 2 aromatic heterocycles. The van der Waals surface area contributed by atoms with Crippen LogP contribution in [0, 0.1) is 0 Å². The van der Waals surface area contributed by atoms with E-state index < -0.39 is 0 Å². The van der Waals surface area contributed by atoms with Crippen LogP contribution in [0.2, 0.25) is 5.02 Å². The summed E-state index contributed by atoms with van der Waals surface area (Å²) in [5.74, 6) is 0. The monoisotopic (exact) mass is 253 g/mol. The van der Waals surface area contributed by atoms with Gasteiger partial charge in [0.05, 0.1) is 23.2 Å². The van der Waals surface area contributed by atoms with E-state index in [-0.39, 0.29) is 12.1 Å². The lowest BCUT2D eigenvalue weighted by atomic mass is 10.1. The largest absolute Gasteiger partial charge is 0.480 e. The molecule has 0 aromatic carbocycles. The van der Waals surface area contributed by atoms with Crippen molar-refractivity contribution in [1.82, 2.24) is 14.5 Å². The van der Waals surface area contributed by atoms with Crippen molar-refractivity contribution in [2.24, 2.45) is 0 Å². The molecule has 17 heavy (non-hydrogen) atoms. The minimum absolute atomic E-state index is 0.0229. The van der Waals surface area contributed by atoms with Crippen molar-refractivity contribution in [3.05, 3.63) is 17.3 Å². The number of rotatable bonds is 1. The molecule has 2 aromatic rings. The quantitative estimate of drug-likeness (QED) is 0.846. The van der Waals surface area contributed by atoms with E-state index in [1.807, 2.05) is 0 Å². The van der Waals surface area contributed by atoms with Crippen LogP contribution in [-0.2, 0) is 4.74 Å². The van der Waals surface area contributed by atoms with Gasteiger partial charge >= 0.3 is 0 Å². The normalized spacial score (nSPS) is 20.9. The van der Waals surface area contributed by atoms with E-state index in [9.17, 15) is 5.11 Å². The highest BCUT2D eigenvalue weighted by atomic mass is 35.5. The number of nitrogens with zero attached hydrogens (tertiary/aromatic N) is 3. The first-order chi connectivity index (χ1) is 8.25. The Bertz CT molecular complexity index is 549. The minimum Gasteiger partial charge on any atom is -0.480 e. The number of ether oxygens (including phenoxy) is 1. The van der Waals surface area contributed by atoms with Crippen molar-refractivity contribution < 1.29 is 9.84 Å². The topological polar surface area (TPSA) is 60.2 Å². The maximum Gasteiger partial charge on any atom is 0.296 e. The average Bonchev–Trinajstić information content (AvgIpc) is 2.65. The summed E-state index contributed by atoms with van der Waals surface area (Å²) in [6, 6.07) is 1.85. The molecule has 6 heteroatoms. The van der Waals surface area contributed by atoms with Gasteiger partial charge in [0, 0.05) is 12.8 Å². The Morgan fingerprint density at radius 2 is 2.41 bits per heavy atom. The number of hydrogen-bond donors (Lipinski definition) is 1. The number of fused-ring (bicyclic) bond motifs is 1. The van der Waals surface area contributed by atoms with Gasteiger partial charge in [0.25, 0.3) is 6.01 Å². The van der Waals surface area contributed by atoms with Crippen LogP contribution in [-0.4, -0.2) is 32.9 Å². The summed E-state index contributed by atoms with van der Waals surface area (Å²) in [5, 5.41) is 10.4. The van der Waals surface area contributed by atoms with E-state index in [1.165, 1.54) is 6.20 Å². The Kier molecular flexibility index (Phi) is 2.64. The average molecular weight is 254 g/mol. The molecule has 3 heterocycles. The van der Waals surface area contributed by atoms with E-state index in [2.05, 4.69) is 9.97 Å². The van der Waals surface area contributed by atoms with E-state index in [1.54, 1.807) is 10.6 Å². The van der Waals surface area contributed by atoms with E-state index >= 15 is 0 Å². The molecule has 1 aliphatic heterocycles. The zero-order valence-electron chi connectivity index (χ0n) is 9.14. The van der Waals surface area contributed by atoms with Gasteiger partial charge in [-0.2, -0.15) is 4.98 Å². The molecule has 0 saturated carbocycles. The molecular formula is C11H12ClN3O2. The van der Waals surface area contributed by atoms with E-state index in [4.69, 9.17) is 16.3 Å². The first-order valence-electron chi connectivity index (χ1n) is 5.56. The van der Waals surface area contributed by atoms with Crippen LogP contribution in [0.1, 0.15) is 18.9 Å². The van der Waals surface area contributed by atoms with Crippen LogP contribution in [0.4, 0.5) is 0 Å². The smallest absolute Gasteiger partial charge is 0.296 e. The van der Waals surface area contributed by atoms with Gasteiger partial charge in [0.1, 0.15) is 0 Å². The lowest BCUT2D eigenvalue weighted by molar-refractivity contribution is 0.0578. The van der Waals surface area contributed by atoms with Crippen molar-refractivity contribution in [2.45, 2.75) is 18.9 Å². The Balaban J connectivity index is 2.13. The molecule has 1 aliphatic rings. The summed E-state index contributed by atoms with van der Waals surface area (Å²) in [7, 11) is 0. The number of pyridine rings is 1. The zero-order valence-corrected chi connectivity index (χ0v) is 9.89. The molecule has 1 atom stereocenters. The molecule has 1 N–H and O–H groups in total. The molecule has 0 amide bonds. The lowest BCUT2D eigenvalue weighted by Gasteiger charge is -2.24. The highest BCUT2D eigenvalue weighted by Gasteiger charge is 2.22. The van der Waals surface area contributed by atoms with Crippen LogP contribution in [0.5, 0.6) is 6.01 Å². The Labute approximate surface area is 103 Å². The first-order valence-corrected chi connectivity index (χ1v) is 5.93. The van der Waals surface area contributed by atoms with E-state index in [0.717, 1.165) is 25.0 Å². The maximum absolute atomic E-state index is 9.89. The van der Waals surface area contributed by atoms with Gasteiger partial charge in [0.2, 0.25) is 0 Å². The van der Waals surface area contributed by atoms with Crippen molar-refractivity contribution >= 4 is 22.8 Å². The molecule has 0 aliphatic carbocycles. The second kappa shape index (κ2) is 4.16. The molecule has 3 rings (SSSR count). The maximum atomic E-state index is 9.89. The molecular weight excluding hydrogens is 242 g/mol. The summed E-state index contributed by atoms with van der Waals surface area (Å²) in [4.78, 5) is 8.11. The van der Waals surface area contributed by atoms with Crippen LogP contribution < -0.4 is 0 Å². The summed E-state index contributed by atoms with van der Waals surface area (Å²) in [6.45, 7) is 1.37. The van der Waals surface area contributed by atoms with Crippen LogP contribution in [0.3, 0.4) is 0 Å². The third-order valence-electron chi connectivity index (χ3n) is 3.00. The van der Waals surface area contributed by atoms with Crippen molar-refractivity contribution in [3.8, 4) is 6.01 Å². The van der Waals surface area contributed by atoms with Gasteiger partial charge in [-0.3, -0.25) is 4.57 Å². The molecule has 5 nitrogen and oxygen atoms in total. The van der Waals surface area contributed by atoms with Crippen molar-refractivity contribution in [3.63, 3.8) is 0 Å². The number of aromatic nitrogens is 3. The lowest BCUT2D eigenvalue weighted by Crippen LogP contribution is -2.20. The van der Waals surface area contributed by atoms with Crippen molar-refractivity contribution in [2.75, 3.05) is 13.2 Å². The molecule has 1 unspecified atom stereocenters. The van der Waals surface area contributed by atoms with Gasteiger partial charge in [0.15, 0.2) is 5.65 Å². The molecule has 0 radical (unpaired) electrons. The molecule has 1 saturated heterocycles. The predicted octanol–water partition coefficient (Wildman–Crippen LogP) is 2.14. The van der Waals surface area contributed by atoms with Gasteiger partial charge in [-0.15, -0.1) is 0 Å². The fourth-order valence-electron chi connectivity index (χ4n) is 2.23. The fraction of sp³-hybridized carbons (Fsp3) is 0.455. The number of halogens is 1. The zero-order chi connectivity index (χ0) is 11.8. The van der Waals surface area contributed by atoms with Crippen molar-refractivity contribution in [1.29, 1.82) is 0 Å². The third-order valence-corrected chi connectivity index (χ3v) is 3.20. The summed E-state index contributed by atoms with van der Waals surface area (Å²) in [6.07, 6.45) is 3.47. The molecule has 0 bridgehead atoms. The van der Waals surface area contributed by atoms with Crippen LogP contribution in [0.25, 0.3) is 11.2 Å². The van der Waals surface area contributed by atoms with Crippen LogP contribution in [0.15, 0.2) is 12.3 Å². The second-order valence-electron chi connectivity index (χ2n) is 4.15. The third kappa shape index (κ3) is 1.85. The van der Waals surface area contributed by atoms with Gasteiger partial charge in [-0.1, -0.05) is 11.6 Å². The minimum atomic E-state index is -0.0229. The predicted molar refractivity (Wildman–Crippen MR) is 63.3 cm³/mol. The van der Waals surface area contributed by atoms with Gasteiger partial charge in [-0.05, 0) is 18.9 Å². The molecule has 90 valence electrons. The fourth-order valence-corrected chi connectivity index (χ4v) is 2.38. The Hall–Kier alpha value is -1.33. The standard InChI is InChI=1S/C11H12ClN3O2/c12-7-4-9-10(13-5-7)14-11(16)15(9)8-2-1-3-17-6-8/h4-5,8H,1-3,6H2,(H,13,14,16). The second-order valence-corrected chi connectivity index (χ2v) is 4.59. The number of imidazole rings is 1. The SMILES string of the molecule is Oc1nc2ncc(Cl)cc2n1C1CCCOC1. The summed E-state index contributed by atoms with van der Waals surface area (Å²) in [5.41, 5.74) is 1.27. The van der Waals surface area contributed by atoms with Gasteiger partial charge in [-0.25, -0.2) is 4.98 Å². The Morgan fingerprint density at radius 3 is 3.18 bits per heavy atom. The summed E-state index contributed by atoms with van der Waals surface area (Å²) < 4.78 is 7.18. The highest BCUT2D eigenvalue weighted by molar-refractivity contribution is 6.31. The van der Waals surface area contributed by atoms with E-state index in [0.29, 0.717) is 17.3 Å². The van der Waals surface area contributed by atoms with Gasteiger partial charge < -0.3 is 9.84 Å². The number of hydrogen-bond acceptors (Lipinski definition) is 4. The highest BCUT2D eigenvalue weighted by Crippen LogP contribution is 2.30. The number of aromatic hydroxyl groups is 1.